The van der Waals surface area contributed by atoms with Crippen LogP contribution in [-0.2, 0) is 32.6 Å². The normalized spacial score (nSPS) is 14.4. The van der Waals surface area contributed by atoms with Gasteiger partial charge in [0.05, 0.1) is 17.0 Å². The van der Waals surface area contributed by atoms with E-state index < -0.39 is 16.1 Å². The maximum Gasteiger partial charge on any atom is 0.243 e. The van der Waals surface area contributed by atoms with Gasteiger partial charge in [-0.15, -0.1) is 0 Å². The second-order valence-corrected chi connectivity index (χ2v) is 13.5. The molecule has 10 heteroatoms. The predicted molar refractivity (Wildman–Crippen MR) is 169 cm³/mol. The van der Waals surface area contributed by atoms with Crippen molar-refractivity contribution in [2.45, 2.75) is 63.6 Å². The summed E-state index contributed by atoms with van der Waals surface area (Å²) < 4.78 is 26.5. The van der Waals surface area contributed by atoms with Crippen LogP contribution in [0, 0.1) is 0 Å². The van der Waals surface area contributed by atoms with Crippen LogP contribution < -0.4 is 9.62 Å². The molecule has 0 aliphatic heterocycles. The molecule has 0 saturated heterocycles. The first-order valence-electron chi connectivity index (χ1n) is 14.2. The average Bonchev–Trinajstić information content (AvgIpc) is 3.48. The van der Waals surface area contributed by atoms with Crippen molar-refractivity contribution in [3.05, 3.63) is 100 Å². The van der Waals surface area contributed by atoms with Crippen LogP contribution in [0.4, 0.5) is 5.69 Å². The molecule has 1 aliphatic rings. The van der Waals surface area contributed by atoms with Crippen LogP contribution in [0.15, 0.2) is 78.9 Å². The Labute approximate surface area is 258 Å². The largest absolute Gasteiger partial charge is 0.352 e. The number of nitrogens with one attached hydrogen (secondary N) is 1. The summed E-state index contributed by atoms with van der Waals surface area (Å²) in [6.45, 7) is 0.284. The third kappa shape index (κ3) is 8.96. The van der Waals surface area contributed by atoms with E-state index in [1.807, 2.05) is 60.7 Å². The fourth-order valence-corrected chi connectivity index (χ4v) is 6.77. The minimum atomic E-state index is -3.71. The monoisotopic (exact) mass is 629 g/mol. The predicted octanol–water partition coefficient (Wildman–Crippen LogP) is 6.24. The first kappa shape index (κ1) is 31.9. The summed E-state index contributed by atoms with van der Waals surface area (Å²) in [6.07, 6.45) is 5.75. The van der Waals surface area contributed by atoms with Gasteiger partial charge in [-0.1, -0.05) is 96.7 Å². The lowest BCUT2D eigenvalue weighted by atomic mass is 10.0. The number of amides is 2. The molecule has 0 spiro atoms. The highest BCUT2D eigenvalue weighted by Crippen LogP contribution is 2.31. The van der Waals surface area contributed by atoms with E-state index >= 15 is 0 Å². The lowest BCUT2D eigenvalue weighted by molar-refractivity contribution is -0.141. The molecule has 1 saturated carbocycles. The number of sulfonamides is 1. The molecule has 1 fully saturated rings. The van der Waals surface area contributed by atoms with Gasteiger partial charge >= 0.3 is 0 Å². The summed E-state index contributed by atoms with van der Waals surface area (Å²) in [5, 5.41) is 3.80. The molecule has 224 valence electrons. The molecule has 1 N–H and O–H groups in total. The smallest absolute Gasteiger partial charge is 0.243 e. The van der Waals surface area contributed by atoms with Gasteiger partial charge in [-0.3, -0.25) is 13.9 Å². The number of carbonyl (C=O) groups excluding carboxylic acids is 2. The Morgan fingerprint density at radius 3 is 2.17 bits per heavy atom. The molecule has 3 aromatic carbocycles. The first-order valence-corrected chi connectivity index (χ1v) is 16.8. The molecular formula is C32H37Cl2N3O4S. The summed E-state index contributed by atoms with van der Waals surface area (Å²) in [6, 6.07) is 23.3. The van der Waals surface area contributed by atoms with Gasteiger partial charge in [0.25, 0.3) is 0 Å². The molecular weight excluding hydrogens is 593 g/mol. The van der Waals surface area contributed by atoms with Gasteiger partial charge in [0.1, 0.15) is 6.04 Å². The molecule has 3 aromatic rings. The number of carbonyl (C=O) groups is 2. The lowest BCUT2D eigenvalue weighted by Crippen LogP contribution is -2.52. The van der Waals surface area contributed by atoms with Crippen molar-refractivity contribution >= 4 is 50.7 Å². The topological polar surface area (TPSA) is 86.8 Å². The van der Waals surface area contributed by atoms with Gasteiger partial charge in [-0.25, -0.2) is 8.42 Å². The maximum absolute atomic E-state index is 13.9. The van der Waals surface area contributed by atoms with E-state index in [0.717, 1.165) is 43.1 Å². The zero-order valence-electron chi connectivity index (χ0n) is 23.7. The van der Waals surface area contributed by atoms with Gasteiger partial charge in [-0.05, 0) is 48.6 Å². The van der Waals surface area contributed by atoms with Crippen LogP contribution in [0.25, 0.3) is 0 Å². The van der Waals surface area contributed by atoms with Gasteiger partial charge in [-0.2, -0.15) is 0 Å². The molecule has 7 nitrogen and oxygen atoms in total. The molecule has 0 heterocycles. The molecule has 0 aromatic heterocycles. The number of benzene rings is 3. The SMILES string of the molecule is CS(=O)(=O)N(CCCC(=O)N(Cc1ccccc1)[C@@H](Cc1ccccc1)C(=O)NC1CCCC1)c1cc(Cl)ccc1Cl. The molecule has 42 heavy (non-hydrogen) atoms. The van der Waals surface area contributed by atoms with E-state index in [-0.39, 0.29) is 54.5 Å². The zero-order chi connectivity index (χ0) is 30.1. The van der Waals surface area contributed by atoms with E-state index in [1.165, 1.54) is 10.4 Å². The Balaban J connectivity index is 1.58. The number of halogens is 2. The third-order valence-corrected chi connectivity index (χ3v) is 9.23. The molecule has 0 radical (unpaired) electrons. The summed E-state index contributed by atoms with van der Waals surface area (Å²) in [7, 11) is -3.71. The molecule has 4 rings (SSSR count). The number of hydrogen-bond acceptors (Lipinski definition) is 4. The van der Waals surface area contributed by atoms with Crippen molar-refractivity contribution in [1.29, 1.82) is 0 Å². The molecule has 0 bridgehead atoms. The Morgan fingerprint density at radius 1 is 0.929 bits per heavy atom. The molecule has 1 aliphatic carbocycles. The molecule has 2 amide bonds. The van der Waals surface area contributed by atoms with Gasteiger partial charge in [0.15, 0.2) is 0 Å². The third-order valence-electron chi connectivity index (χ3n) is 7.50. The van der Waals surface area contributed by atoms with Gasteiger partial charge < -0.3 is 10.2 Å². The van der Waals surface area contributed by atoms with Crippen LogP contribution in [0.5, 0.6) is 0 Å². The fraction of sp³-hybridized carbons (Fsp3) is 0.375. The number of nitrogens with zero attached hydrogens (tertiary/aromatic N) is 2. The highest BCUT2D eigenvalue weighted by Gasteiger charge is 2.32. The summed E-state index contributed by atoms with van der Waals surface area (Å²) in [4.78, 5) is 29.4. The number of hydrogen-bond donors (Lipinski definition) is 1. The van der Waals surface area contributed by atoms with Crippen LogP contribution in [-0.4, -0.2) is 50.0 Å². The first-order chi connectivity index (χ1) is 20.1. The van der Waals surface area contributed by atoms with E-state index in [9.17, 15) is 18.0 Å². The fourth-order valence-electron chi connectivity index (χ4n) is 5.36. The molecule has 0 unspecified atom stereocenters. The second-order valence-electron chi connectivity index (χ2n) is 10.7. The highest BCUT2D eigenvalue weighted by molar-refractivity contribution is 7.92. The maximum atomic E-state index is 13.9. The van der Waals surface area contributed by atoms with Crippen LogP contribution in [0.3, 0.4) is 0 Å². The van der Waals surface area contributed by atoms with Gasteiger partial charge in [0, 0.05) is 37.0 Å². The minimum Gasteiger partial charge on any atom is -0.352 e. The van der Waals surface area contributed by atoms with E-state index in [1.54, 1.807) is 17.0 Å². The van der Waals surface area contributed by atoms with Crippen molar-refractivity contribution < 1.29 is 18.0 Å². The number of anilines is 1. The van der Waals surface area contributed by atoms with Crippen LogP contribution in [0.1, 0.15) is 49.7 Å². The molecule has 1 atom stereocenters. The Kier molecular flexibility index (Phi) is 11.3. The second kappa shape index (κ2) is 14.9. The van der Waals surface area contributed by atoms with Crippen molar-refractivity contribution in [3.8, 4) is 0 Å². The summed E-state index contributed by atoms with van der Waals surface area (Å²) in [5.74, 6) is -0.398. The Bertz CT molecular complexity index is 1450. The van der Waals surface area contributed by atoms with Crippen LogP contribution in [0.2, 0.25) is 10.0 Å². The van der Waals surface area contributed by atoms with E-state index in [2.05, 4.69) is 5.32 Å². The average molecular weight is 631 g/mol. The Morgan fingerprint density at radius 2 is 1.55 bits per heavy atom. The van der Waals surface area contributed by atoms with Crippen molar-refractivity contribution in [1.82, 2.24) is 10.2 Å². The summed E-state index contributed by atoms with van der Waals surface area (Å²) in [5.41, 5.74) is 2.12. The zero-order valence-corrected chi connectivity index (χ0v) is 26.0. The standard InChI is InChI=1S/C32H37Cl2N3O4S/c1-42(40,41)37(29-22-26(33)18-19-28(29)34)20-10-17-31(38)36(23-25-13-6-3-7-14-25)30(21-24-11-4-2-5-12-24)32(39)35-27-15-8-9-16-27/h2-7,11-14,18-19,22,27,30H,8-10,15-17,20-21,23H2,1H3,(H,35,39)/t30-/m0/s1. The number of rotatable bonds is 13. The van der Waals surface area contributed by atoms with E-state index in [4.69, 9.17) is 23.2 Å². The van der Waals surface area contributed by atoms with E-state index in [0.29, 0.717) is 11.4 Å². The van der Waals surface area contributed by atoms with Crippen LogP contribution >= 0.6 is 23.2 Å². The van der Waals surface area contributed by atoms with Crippen molar-refractivity contribution in [2.75, 3.05) is 17.1 Å². The van der Waals surface area contributed by atoms with Crippen molar-refractivity contribution in [2.24, 2.45) is 0 Å². The van der Waals surface area contributed by atoms with Crippen molar-refractivity contribution in [3.63, 3.8) is 0 Å². The quantitative estimate of drug-likeness (QED) is 0.242. The lowest BCUT2D eigenvalue weighted by Gasteiger charge is -2.33. The van der Waals surface area contributed by atoms with Gasteiger partial charge in [0.2, 0.25) is 21.8 Å². The highest BCUT2D eigenvalue weighted by atomic mass is 35.5. The Hall–Kier alpha value is -3.07. The minimum absolute atomic E-state index is 0.0292. The summed E-state index contributed by atoms with van der Waals surface area (Å²) >= 11 is 12.4.